The van der Waals surface area contributed by atoms with E-state index in [2.05, 4.69) is 22.0 Å². The normalized spacial score (nSPS) is 18.1. The first-order valence-electron chi connectivity index (χ1n) is 9.01. The average Bonchev–Trinajstić information content (AvgIpc) is 3.00. The van der Waals surface area contributed by atoms with E-state index in [4.69, 9.17) is 0 Å². The van der Waals surface area contributed by atoms with E-state index in [1.54, 1.807) is 0 Å². The van der Waals surface area contributed by atoms with Crippen molar-refractivity contribution in [2.24, 2.45) is 0 Å². The third-order valence-electron chi connectivity index (χ3n) is 4.83. The Labute approximate surface area is 146 Å². The molecule has 1 aliphatic heterocycles. The number of carbonyl (C=O) groups is 1. The number of para-hydroxylation sites is 1. The molecule has 1 fully saturated rings. The fourth-order valence-corrected chi connectivity index (χ4v) is 3.28. The molecule has 1 atom stereocenters. The molecule has 1 N–H and O–H groups in total. The van der Waals surface area contributed by atoms with Gasteiger partial charge in [0.05, 0.1) is 0 Å². The van der Waals surface area contributed by atoms with Gasteiger partial charge in [-0.3, -0.25) is 4.90 Å². The Morgan fingerprint density at radius 2 is 2.04 bits per heavy atom. The molecule has 5 heteroatoms. The minimum atomic E-state index is 0.00843. The van der Waals surface area contributed by atoms with Crippen LogP contribution in [-0.2, 0) is 0 Å². The number of nitrogens with zero attached hydrogens (tertiary/aromatic N) is 3. The highest BCUT2D eigenvalue weighted by atomic mass is 16.2. The smallest absolute Gasteiger partial charge is 0.321 e. The SMILES string of the molecule is CCN1CCCC1CN(CCN(C)C)C(=O)Nc1ccccc1C. The van der Waals surface area contributed by atoms with Crippen molar-refractivity contribution >= 4 is 11.7 Å². The summed E-state index contributed by atoms with van der Waals surface area (Å²) in [5.41, 5.74) is 1.99. The Hall–Kier alpha value is -1.59. The number of rotatable bonds is 7. The molecule has 1 unspecified atom stereocenters. The molecule has 1 saturated heterocycles. The van der Waals surface area contributed by atoms with Gasteiger partial charge in [-0.05, 0) is 58.6 Å². The summed E-state index contributed by atoms with van der Waals surface area (Å²) in [5.74, 6) is 0. The fourth-order valence-electron chi connectivity index (χ4n) is 3.28. The molecule has 24 heavy (non-hydrogen) atoms. The zero-order valence-corrected chi connectivity index (χ0v) is 15.6. The topological polar surface area (TPSA) is 38.8 Å². The molecule has 0 spiro atoms. The van der Waals surface area contributed by atoms with Gasteiger partial charge in [-0.25, -0.2) is 4.79 Å². The highest BCUT2D eigenvalue weighted by Crippen LogP contribution is 2.19. The third-order valence-corrected chi connectivity index (χ3v) is 4.83. The summed E-state index contributed by atoms with van der Waals surface area (Å²) in [4.78, 5) is 19.4. The second kappa shape index (κ2) is 9.04. The minimum Gasteiger partial charge on any atom is -0.322 e. The van der Waals surface area contributed by atoms with Gasteiger partial charge >= 0.3 is 6.03 Å². The van der Waals surface area contributed by atoms with Gasteiger partial charge in [0, 0.05) is 31.4 Å². The Balaban J connectivity index is 2.04. The number of likely N-dealkylation sites (N-methyl/N-ethyl adjacent to an activating group) is 2. The number of urea groups is 1. The van der Waals surface area contributed by atoms with Gasteiger partial charge in [-0.1, -0.05) is 25.1 Å². The van der Waals surface area contributed by atoms with Gasteiger partial charge in [-0.15, -0.1) is 0 Å². The second-order valence-electron chi connectivity index (χ2n) is 6.92. The number of carbonyl (C=O) groups excluding carboxylic acids is 1. The number of likely N-dealkylation sites (tertiary alicyclic amines) is 1. The van der Waals surface area contributed by atoms with Crippen LogP contribution in [0.4, 0.5) is 10.5 Å². The molecule has 1 aliphatic rings. The molecule has 5 nitrogen and oxygen atoms in total. The van der Waals surface area contributed by atoms with E-state index in [1.165, 1.54) is 12.8 Å². The summed E-state index contributed by atoms with van der Waals surface area (Å²) in [6.45, 7) is 8.87. The Bertz CT molecular complexity index is 532. The van der Waals surface area contributed by atoms with Crippen molar-refractivity contribution in [1.82, 2.24) is 14.7 Å². The maximum Gasteiger partial charge on any atom is 0.321 e. The molecule has 1 aromatic rings. The van der Waals surface area contributed by atoms with Gasteiger partial charge in [0.1, 0.15) is 0 Å². The number of aryl methyl sites for hydroxylation is 1. The van der Waals surface area contributed by atoms with Crippen molar-refractivity contribution in [3.05, 3.63) is 29.8 Å². The molecule has 1 aromatic carbocycles. The number of hydrogen-bond acceptors (Lipinski definition) is 3. The van der Waals surface area contributed by atoms with Crippen LogP contribution in [0.2, 0.25) is 0 Å². The molecule has 2 rings (SSSR count). The van der Waals surface area contributed by atoms with Crippen LogP contribution in [0.1, 0.15) is 25.3 Å². The zero-order valence-electron chi connectivity index (χ0n) is 15.6. The first-order valence-corrected chi connectivity index (χ1v) is 9.01. The summed E-state index contributed by atoms with van der Waals surface area (Å²) in [6, 6.07) is 8.43. The van der Waals surface area contributed by atoms with E-state index in [1.807, 2.05) is 50.2 Å². The summed E-state index contributed by atoms with van der Waals surface area (Å²) in [5, 5.41) is 3.09. The number of amides is 2. The van der Waals surface area contributed by atoms with Gasteiger partial charge < -0.3 is 15.1 Å². The molecular formula is C19H32N4O. The lowest BCUT2D eigenvalue weighted by Gasteiger charge is -2.31. The van der Waals surface area contributed by atoms with Crippen molar-refractivity contribution in [3.8, 4) is 0 Å². The van der Waals surface area contributed by atoms with E-state index in [0.717, 1.165) is 44.0 Å². The molecule has 134 valence electrons. The molecule has 0 aliphatic carbocycles. The Kier molecular flexibility index (Phi) is 7.06. The number of hydrogen-bond donors (Lipinski definition) is 1. The van der Waals surface area contributed by atoms with Crippen molar-refractivity contribution in [3.63, 3.8) is 0 Å². The molecule has 0 bridgehead atoms. The second-order valence-corrected chi connectivity index (χ2v) is 6.92. The molecule has 1 heterocycles. The van der Waals surface area contributed by atoms with Gasteiger partial charge in [0.2, 0.25) is 0 Å². The third kappa shape index (κ3) is 5.21. The molecule has 0 aromatic heterocycles. The lowest BCUT2D eigenvalue weighted by Crippen LogP contribution is -2.46. The van der Waals surface area contributed by atoms with E-state index in [9.17, 15) is 4.79 Å². The van der Waals surface area contributed by atoms with E-state index in [0.29, 0.717) is 6.04 Å². The van der Waals surface area contributed by atoms with Crippen LogP contribution < -0.4 is 5.32 Å². The van der Waals surface area contributed by atoms with E-state index in [-0.39, 0.29) is 6.03 Å². The first kappa shape index (κ1) is 18.7. The first-order chi connectivity index (χ1) is 11.5. The molecule has 2 amide bonds. The standard InChI is InChI=1S/C19H32N4O/c1-5-22-12-8-10-17(22)15-23(14-13-21(3)4)19(24)20-18-11-7-6-9-16(18)2/h6-7,9,11,17H,5,8,10,12-15H2,1-4H3,(H,20,24). The molecular weight excluding hydrogens is 300 g/mol. The number of nitrogens with one attached hydrogen (secondary N) is 1. The highest BCUT2D eigenvalue weighted by Gasteiger charge is 2.27. The van der Waals surface area contributed by atoms with Crippen molar-refractivity contribution in [2.45, 2.75) is 32.7 Å². The lowest BCUT2D eigenvalue weighted by molar-refractivity contribution is 0.172. The van der Waals surface area contributed by atoms with Crippen LogP contribution in [0.3, 0.4) is 0 Å². The van der Waals surface area contributed by atoms with Crippen LogP contribution in [0.5, 0.6) is 0 Å². The van der Waals surface area contributed by atoms with Gasteiger partial charge in [0.25, 0.3) is 0 Å². The summed E-state index contributed by atoms with van der Waals surface area (Å²) >= 11 is 0. The van der Waals surface area contributed by atoms with E-state index >= 15 is 0 Å². The summed E-state index contributed by atoms with van der Waals surface area (Å²) in [7, 11) is 4.09. The largest absolute Gasteiger partial charge is 0.322 e. The summed E-state index contributed by atoms with van der Waals surface area (Å²) < 4.78 is 0. The Morgan fingerprint density at radius 3 is 2.71 bits per heavy atom. The highest BCUT2D eigenvalue weighted by molar-refractivity contribution is 5.90. The van der Waals surface area contributed by atoms with Crippen molar-refractivity contribution in [2.75, 3.05) is 52.1 Å². The van der Waals surface area contributed by atoms with Crippen molar-refractivity contribution in [1.29, 1.82) is 0 Å². The van der Waals surface area contributed by atoms with Crippen LogP contribution >= 0.6 is 0 Å². The van der Waals surface area contributed by atoms with Gasteiger partial charge in [0.15, 0.2) is 0 Å². The zero-order chi connectivity index (χ0) is 17.5. The fraction of sp³-hybridized carbons (Fsp3) is 0.632. The van der Waals surface area contributed by atoms with Crippen LogP contribution in [0.25, 0.3) is 0 Å². The maximum atomic E-state index is 12.8. The minimum absolute atomic E-state index is 0.00843. The number of anilines is 1. The molecule has 0 saturated carbocycles. The lowest BCUT2D eigenvalue weighted by atomic mass is 10.2. The predicted molar refractivity (Wildman–Crippen MR) is 101 cm³/mol. The van der Waals surface area contributed by atoms with Gasteiger partial charge in [-0.2, -0.15) is 0 Å². The average molecular weight is 332 g/mol. The van der Waals surface area contributed by atoms with Crippen LogP contribution in [0, 0.1) is 6.92 Å². The maximum absolute atomic E-state index is 12.8. The van der Waals surface area contributed by atoms with Crippen LogP contribution in [-0.4, -0.2) is 73.6 Å². The monoisotopic (exact) mass is 332 g/mol. The predicted octanol–water partition coefficient (Wildman–Crippen LogP) is 2.87. The van der Waals surface area contributed by atoms with Crippen LogP contribution in [0.15, 0.2) is 24.3 Å². The van der Waals surface area contributed by atoms with E-state index < -0.39 is 0 Å². The molecule has 0 radical (unpaired) electrons. The summed E-state index contributed by atoms with van der Waals surface area (Å²) in [6.07, 6.45) is 2.42. The Morgan fingerprint density at radius 1 is 1.29 bits per heavy atom. The quantitative estimate of drug-likeness (QED) is 0.834. The van der Waals surface area contributed by atoms with Crippen molar-refractivity contribution < 1.29 is 4.79 Å². The number of benzene rings is 1.